The summed E-state index contributed by atoms with van der Waals surface area (Å²) in [6.45, 7) is 11.1. The van der Waals surface area contributed by atoms with Crippen LogP contribution in [0.15, 0.2) is 29.3 Å². The number of rotatable bonds is 9. The van der Waals surface area contributed by atoms with Crippen LogP contribution in [0, 0.1) is 17.3 Å². The summed E-state index contributed by atoms with van der Waals surface area (Å²) in [6.07, 6.45) is 8.63. The summed E-state index contributed by atoms with van der Waals surface area (Å²) >= 11 is 0. The number of benzene rings is 1. The number of hydrogen-bond acceptors (Lipinski definition) is 3. The summed E-state index contributed by atoms with van der Waals surface area (Å²) in [5.41, 5.74) is 2.81. The van der Waals surface area contributed by atoms with Gasteiger partial charge < -0.3 is 9.64 Å². The van der Waals surface area contributed by atoms with Crippen molar-refractivity contribution in [3.05, 3.63) is 29.8 Å². The number of aliphatic imine (C=N–C) groups is 1. The Morgan fingerprint density at radius 1 is 1.15 bits per heavy atom. The largest absolute Gasteiger partial charge is 0.378 e. The third-order valence-electron chi connectivity index (χ3n) is 6.02. The first kappa shape index (κ1) is 21.9. The second-order valence-electron chi connectivity index (χ2n) is 9.31. The van der Waals surface area contributed by atoms with Crippen LogP contribution in [-0.4, -0.2) is 39.6 Å². The maximum atomic E-state index is 6.07. The van der Waals surface area contributed by atoms with Gasteiger partial charge in [0, 0.05) is 39.1 Å². The van der Waals surface area contributed by atoms with Crippen molar-refractivity contribution in [2.24, 2.45) is 22.2 Å². The van der Waals surface area contributed by atoms with E-state index >= 15 is 0 Å². The molecule has 152 valence electrons. The van der Waals surface area contributed by atoms with Crippen molar-refractivity contribution in [2.75, 3.05) is 32.1 Å². The summed E-state index contributed by atoms with van der Waals surface area (Å²) < 4.78 is 6.07. The smallest absolute Gasteiger partial charge is 0.0603 e. The molecule has 2 unspecified atom stereocenters. The number of nitrogens with zero attached hydrogens (tertiary/aromatic N) is 2. The van der Waals surface area contributed by atoms with Crippen molar-refractivity contribution >= 4 is 11.9 Å². The second kappa shape index (κ2) is 10.3. The molecule has 0 aromatic heterocycles. The van der Waals surface area contributed by atoms with Crippen molar-refractivity contribution in [2.45, 2.75) is 65.9 Å². The normalized spacial score (nSPS) is 23.5. The summed E-state index contributed by atoms with van der Waals surface area (Å²) in [7, 11) is 4.13. The highest BCUT2D eigenvalue weighted by Crippen LogP contribution is 2.43. The van der Waals surface area contributed by atoms with Crippen molar-refractivity contribution in [1.82, 2.24) is 0 Å². The van der Waals surface area contributed by atoms with E-state index in [2.05, 4.69) is 71.0 Å². The van der Waals surface area contributed by atoms with Crippen LogP contribution in [0.5, 0.6) is 0 Å². The molecule has 1 fully saturated rings. The highest BCUT2D eigenvalue weighted by Gasteiger charge is 2.37. The zero-order valence-electron chi connectivity index (χ0n) is 18.4. The molecule has 0 aliphatic carbocycles. The lowest BCUT2D eigenvalue weighted by Gasteiger charge is -2.43. The predicted octanol–water partition coefficient (Wildman–Crippen LogP) is 5.82. The molecule has 1 aromatic carbocycles. The van der Waals surface area contributed by atoms with Crippen LogP contribution in [-0.2, 0) is 4.74 Å². The van der Waals surface area contributed by atoms with Crippen molar-refractivity contribution in [1.29, 1.82) is 0 Å². The first-order valence-corrected chi connectivity index (χ1v) is 10.7. The molecular weight excluding hydrogens is 332 g/mol. The Hall–Kier alpha value is -1.35. The van der Waals surface area contributed by atoms with Crippen LogP contribution in [0.25, 0.3) is 0 Å². The average Bonchev–Trinajstić information content (AvgIpc) is 2.64. The first-order valence-electron chi connectivity index (χ1n) is 10.7. The van der Waals surface area contributed by atoms with Crippen LogP contribution in [0.2, 0.25) is 0 Å². The van der Waals surface area contributed by atoms with Crippen LogP contribution in [0.1, 0.15) is 65.4 Å². The Kier molecular flexibility index (Phi) is 8.34. The van der Waals surface area contributed by atoms with E-state index in [-0.39, 0.29) is 0 Å². The minimum absolute atomic E-state index is 0.406. The average molecular weight is 373 g/mol. The Morgan fingerprint density at radius 2 is 1.85 bits per heavy atom. The van der Waals surface area contributed by atoms with E-state index in [0.717, 1.165) is 19.1 Å². The van der Waals surface area contributed by atoms with Crippen molar-refractivity contribution in [3.63, 3.8) is 0 Å². The molecule has 27 heavy (non-hydrogen) atoms. The predicted molar refractivity (Wildman–Crippen MR) is 118 cm³/mol. The molecule has 1 aromatic rings. The maximum Gasteiger partial charge on any atom is 0.0603 e. The molecule has 2 rings (SSSR count). The second-order valence-corrected chi connectivity index (χ2v) is 9.31. The molecule has 0 saturated carbocycles. The van der Waals surface area contributed by atoms with Crippen molar-refractivity contribution in [3.8, 4) is 0 Å². The molecule has 0 spiro atoms. The highest BCUT2D eigenvalue weighted by molar-refractivity contribution is 5.80. The van der Waals surface area contributed by atoms with Gasteiger partial charge in [-0.25, -0.2) is 0 Å². The fourth-order valence-electron chi connectivity index (χ4n) is 3.95. The molecule has 0 bridgehead atoms. The molecule has 1 aliphatic heterocycles. The molecule has 1 saturated heterocycles. The maximum absolute atomic E-state index is 6.07. The highest BCUT2D eigenvalue weighted by atomic mass is 16.5. The lowest BCUT2D eigenvalue weighted by Crippen LogP contribution is -2.38. The van der Waals surface area contributed by atoms with Gasteiger partial charge in [0.05, 0.1) is 6.10 Å². The van der Waals surface area contributed by atoms with Crippen molar-refractivity contribution < 1.29 is 4.74 Å². The van der Waals surface area contributed by atoms with E-state index in [1.807, 2.05) is 6.21 Å². The Labute approximate surface area is 167 Å². The first-order chi connectivity index (χ1) is 12.8. The van der Waals surface area contributed by atoms with Gasteiger partial charge in [0.2, 0.25) is 0 Å². The van der Waals surface area contributed by atoms with E-state index in [0.29, 0.717) is 17.4 Å². The number of ether oxygens (including phenoxy) is 1. The van der Waals surface area contributed by atoms with Crippen LogP contribution < -0.4 is 4.90 Å². The summed E-state index contributed by atoms with van der Waals surface area (Å²) in [5, 5.41) is 0. The van der Waals surface area contributed by atoms with Crippen LogP contribution in [0.3, 0.4) is 0 Å². The Morgan fingerprint density at radius 3 is 2.44 bits per heavy atom. The minimum Gasteiger partial charge on any atom is -0.378 e. The summed E-state index contributed by atoms with van der Waals surface area (Å²) in [6, 6.07) is 8.60. The van der Waals surface area contributed by atoms with Gasteiger partial charge in [0.25, 0.3) is 0 Å². The lowest BCUT2D eigenvalue weighted by atomic mass is 9.69. The van der Waals surface area contributed by atoms with Gasteiger partial charge in [-0.3, -0.25) is 4.99 Å². The Balaban J connectivity index is 1.96. The van der Waals surface area contributed by atoms with E-state index < -0.39 is 0 Å². The third kappa shape index (κ3) is 6.95. The van der Waals surface area contributed by atoms with E-state index in [1.54, 1.807) is 0 Å². The quantitative estimate of drug-likeness (QED) is 0.510. The SMILES string of the molecule is CC(C)CCC1(CCN=Cc2ccc(N(C)C)cc2)CCOC(C(C)C)C1. The zero-order chi connectivity index (χ0) is 19.9. The standard InChI is InChI=1S/C24H40N2O/c1-19(2)11-12-24(14-16-27-23(17-24)20(3)4)13-15-25-18-21-7-9-22(10-8-21)26(5)6/h7-10,18-20,23H,11-17H2,1-6H3. The van der Waals surface area contributed by atoms with Crippen LogP contribution >= 0.6 is 0 Å². The Bertz CT molecular complexity index is 577. The summed E-state index contributed by atoms with van der Waals surface area (Å²) in [5.74, 6) is 1.36. The number of hydrogen-bond donors (Lipinski definition) is 0. The van der Waals surface area contributed by atoms with Gasteiger partial charge in [0.1, 0.15) is 0 Å². The molecule has 0 radical (unpaired) electrons. The molecule has 3 nitrogen and oxygen atoms in total. The van der Waals surface area contributed by atoms with Crippen LogP contribution in [0.4, 0.5) is 5.69 Å². The van der Waals surface area contributed by atoms with Gasteiger partial charge >= 0.3 is 0 Å². The lowest BCUT2D eigenvalue weighted by molar-refractivity contribution is -0.0755. The van der Waals surface area contributed by atoms with Gasteiger partial charge in [-0.15, -0.1) is 0 Å². The topological polar surface area (TPSA) is 24.8 Å². The van der Waals surface area contributed by atoms with E-state index in [4.69, 9.17) is 9.73 Å². The van der Waals surface area contributed by atoms with Gasteiger partial charge in [-0.2, -0.15) is 0 Å². The molecule has 0 N–H and O–H groups in total. The van der Waals surface area contributed by atoms with Gasteiger partial charge in [0.15, 0.2) is 0 Å². The molecule has 1 aliphatic rings. The monoisotopic (exact) mass is 372 g/mol. The molecule has 2 atom stereocenters. The number of anilines is 1. The molecule has 0 amide bonds. The molecule has 1 heterocycles. The fraction of sp³-hybridized carbons (Fsp3) is 0.708. The van der Waals surface area contributed by atoms with Gasteiger partial charge in [-0.1, -0.05) is 46.2 Å². The minimum atomic E-state index is 0.406. The third-order valence-corrected chi connectivity index (χ3v) is 6.02. The van der Waals surface area contributed by atoms with E-state index in [9.17, 15) is 0 Å². The zero-order valence-corrected chi connectivity index (χ0v) is 18.4. The molecular formula is C24H40N2O. The van der Waals surface area contributed by atoms with Gasteiger partial charge in [-0.05, 0) is 60.6 Å². The molecule has 3 heteroatoms. The fourth-order valence-corrected chi connectivity index (χ4v) is 3.95. The van der Waals surface area contributed by atoms with E-state index in [1.165, 1.54) is 43.4 Å². The summed E-state index contributed by atoms with van der Waals surface area (Å²) in [4.78, 5) is 6.89.